The van der Waals surface area contributed by atoms with Gasteiger partial charge in [-0.15, -0.1) is 6.58 Å². The Labute approximate surface area is 79.0 Å². The number of hydrogen-bond donors (Lipinski definition) is 0. The van der Waals surface area contributed by atoms with Crippen LogP contribution < -0.4 is 0 Å². The minimum atomic E-state index is 0.300. The first-order valence-corrected chi connectivity index (χ1v) is 4.72. The van der Waals surface area contributed by atoms with Gasteiger partial charge in [-0.3, -0.25) is 0 Å². The second kappa shape index (κ2) is 3.75. The lowest BCUT2D eigenvalue weighted by Gasteiger charge is -2.10. The molecule has 1 atom stereocenters. The Hall–Kier alpha value is -1.08. The van der Waals surface area contributed by atoms with E-state index in [9.17, 15) is 0 Å². The molecule has 0 radical (unpaired) electrons. The van der Waals surface area contributed by atoms with Gasteiger partial charge in [-0.1, -0.05) is 30.3 Å². The van der Waals surface area contributed by atoms with E-state index in [0.29, 0.717) is 12.7 Å². The maximum atomic E-state index is 5.66. The van der Waals surface area contributed by atoms with Gasteiger partial charge in [0.2, 0.25) is 0 Å². The Morgan fingerprint density at radius 2 is 2.31 bits per heavy atom. The van der Waals surface area contributed by atoms with E-state index in [-0.39, 0.29) is 0 Å². The second-order valence-corrected chi connectivity index (χ2v) is 3.35. The highest BCUT2D eigenvalue weighted by Crippen LogP contribution is 2.33. The Bertz CT molecular complexity index is 304. The summed E-state index contributed by atoms with van der Waals surface area (Å²) in [6.45, 7) is 4.30. The summed E-state index contributed by atoms with van der Waals surface area (Å²) in [6.07, 6.45) is 4.38. The maximum absolute atomic E-state index is 5.66. The van der Waals surface area contributed by atoms with Gasteiger partial charge in [-0.05, 0) is 24.0 Å². The molecule has 1 heteroatoms. The smallest absolute Gasteiger partial charge is 0.0835 e. The SMILES string of the molecule is C=CCOC1CCc2ccccc21. The van der Waals surface area contributed by atoms with Crippen LogP contribution in [0.25, 0.3) is 0 Å². The first kappa shape index (κ1) is 8.52. The monoisotopic (exact) mass is 174 g/mol. The topological polar surface area (TPSA) is 9.23 Å². The zero-order valence-corrected chi connectivity index (χ0v) is 7.70. The molecule has 1 nitrogen and oxygen atoms in total. The highest BCUT2D eigenvalue weighted by atomic mass is 16.5. The van der Waals surface area contributed by atoms with E-state index in [0.717, 1.165) is 12.8 Å². The van der Waals surface area contributed by atoms with Crippen molar-refractivity contribution >= 4 is 0 Å². The quantitative estimate of drug-likeness (QED) is 0.640. The summed E-state index contributed by atoms with van der Waals surface area (Å²) < 4.78 is 5.66. The van der Waals surface area contributed by atoms with Crippen LogP contribution in [0.2, 0.25) is 0 Å². The molecule has 0 bridgehead atoms. The molecular formula is C12H14O. The van der Waals surface area contributed by atoms with Crippen molar-refractivity contribution in [3.63, 3.8) is 0 Å². The summed E-state index contributed by atoms with van der Waals surface area (Å²) >= 11 is 0. The van der Waals surface area contributed by atoms with E-state index >= 15 is 0 Å². The molecule has 0 heterocycles. The van der Waals surface area contributed by atoms with Crippen molar-refractivity contribution in [2.75, 3.05) is 6.61 Å². The van der Waals surface area contributed by atoms with Crippen molar-refractivity contribution in [2.45, 2.75) is 18.9 Å². The van der Waals surface area contributed by atoms with Gasteiger partial charge >= 0.3 is 0 Å². The second-order valence-electron chi connectivity index (χ2n) is 3.35. The van der Waals surface area contributed by atoms with Crippen LogP contribution in [0.1, 0.15) is 23.7 Å². The normalized spacial score (nSPS) is 19.8. The third-order valence-corrected chi connectivity index (χ3v) is 2.49. The van der Waals surface area contributed by atoms with Gasteiger partial charge < -0.3 is 4.74 Å². The Kier molecular flexibility index (Phi) is 2.46. The van der Waals surface area contributed by atoms with Gasteiger partial charge in [0.1, 0.15) is 0 Å². The lowest BCUT2D eigenvalue weighted by molar-refractivity contribution is 0.0758. The van der Waals surface area contributed by atoms with Crippen molar-refractivity contribution < 1.29 is 4.74 Å². The van der Waals surface area contributed by atoms with Crippen LogP contribution in [0, 0.1) is 0 Å². The molecule has 0 amide bonds. The first-order chi connectivity index (χ1) is 6.42. The van der Waals surface area contributed by atoms with Crippen molar-refractivity contribution in [3.8, 4) is 0 Å². The predicted molar refractivity (Wildman–Crippen MR) is 53.7 cm³/mol. The van der Waals surface area contributed by atoms with Crippen molar-refractivity contribution in [1.29, 1.82) is 0 Å². The molecular weight excluding hydrogens is 160 g/mol. The third-order valence-electron chi connectivity index (χ3n) is 2.49. The van der Waals surface area contributed by atoms with Gasteiger partial charge in [0.15, 0.2) is 0 Å². The molecule has 0 N–H and O–H groups in total. The molecule has 0 aromatic heterocycles. The first-order valence-electron chi connectivity index (χ1n) is 4.72. The van der Waals surface area contributed by atoms with Crippen molar-refractivity contribution in [1.82, 2.24) is 0 Å². The molecule has 0 fully saturated rings. The highest BCUT2D eigenvalue weighted by molar-refractivity contribution is 5.33. The molecule has 0 aliphatic heterocycles. The number of fused-ring (bicyclic) bond motifs is 1. The molecule has 1 aromatic rings. The fraction of sp³-hybridized carbons (Fsp3) is 0.333. The van der Waals surface area contributed by atoms with E-state index in [4.69, 9.17) is 4.74 Å². The molecule has 1 aliphatic carbocycles. The lowest BCUT2D eigenvalue weighted by atomic mass is 10.1. The Balaban J connectivity index is 2.13. The zero-order valence-electron chi connectivity index (χ0n) is 7.70. The Morgan fingerprint density at radius 1 is 1.46 bits per heavy atom. The van der Waals surface area contributed by atoms with Crippen LogP contribution in [0.5, 0.6) is 0 Å². The van der Waals surface area contributed by atoms with E-state index in [1.54, 1.807) is 6.08 Å². The summed E-state index contributed by atoms with van der Waals surface area (Å²) in [5, 5.41) is 0. The maximum Gasteiger partial charge on any atom is 0.0835 e. The van der Waals surface area contributed by atoms with Crippen LogP contribution in [0.15, 0.2) is 36.9 Å². The molecule has 1 unspecified atom stereocenters. The largest absolute Gasteiger partial charge is 0.369 e. The molecule has 1 aromatic carbocycles. The van der Waals surface area contributed by atoms with E-state index in [1.807, 2.05) is 0 Å². The number of hydrogen-bond acceptors (Lipinski definition) is 1. The molecule has 1 aliphatic rings. The van der Waals surface area contributed by atoms with Crippen LogP contribution in [0.4, 0.5) is 0 Å². The van der Waals surface area contributed by atoms with Gasteiger partial charge in [-0.25, -0.2) is 0 Å². The number of aryl methyl sites for hydroxylation is 1. The Morgan fingerprint density at radius 3 is 3.15 bits per heavy atom. The van der Waals surface area contributed by atoms with E-state index in [1.165, 1.54) is 11.1 Å². The van der Waals surface area contributed by atoms with Crippen LogP contribution in [-0.4, -0.2) is 6.61 Å². The fourth-order valence-corrected chi connectivity index (χ4v) is 1.88. The average Bonchev–Trinajstić information content (AvgIpc) is 2.58. The number of ether oxygens (including phenoxy) is 1. The number of benzene rings is 1. The highest BCUT2D eigenvalue weighted by Gasteiger charge is 2.21. The minimum absolute atomic E-state index is 0.300. The minimum Gasteiger partial charge on any atom is -0.369 e. The molecule has 0 saturated heterocycles. The van der Waals surface area contributed by atoms with E-state index in [2.05, 4.69) is 30.8 Å². The summed E-state index contributed by atoms with van der Waals surface area (Å²) in [6, 6.07) is 8.52. The van der Waals surface area contributed by atoms with Gasteiger partial charge in [0.25, 0.3) is 0 Å². The van der Waals surface area contributed by atoms with Crippen LogP contribution in [0.3, 0.4) is 0 Å². The summed E-state index contributed by atoms with van der Waals surface area (Å²) in [5.41, 5.74) is 2.81. The predicted octanol–water partition coefficient (Wildman–Crippen LogP) is 2.88. The molecule has 0 spiro atoms. The van der Waals surface area contributed by atoms with Crippen molar-refractivity contribution in [2.24, 2.45) is 0 Å². The van der Waals surface area contributed by atoms with Crippen LogP contribution in [-0.2, 0) is 11.2 Å². The molecule has 2 rings (SSSR count). The van der Waals surface area contributed by atoms with Crippen molar-refractivity contribution in [3.05, 3.63) is 48.0 Å². The van der Waals surface area contributed by atoms with Gasteiger partial charge in [-0.2, -0.15) is 0 Å². The zero-order chi connectivity index (χ0) is 9.10. The molecule has 68 valence electrons. The van der Waals surface area contributed by atoms with E-state index < -0.39 is 0 Å². The fourth-order valence-electron chi connectivity index (χ4n) is 1.88. The van der Waals surface area contributed by atoms with Gasteiger partial charge in [0, 0.05) is 0 Å². The van der Waals surface area contributed by atoms with Gasteiger partial charge in [0.05, 0.1) is 12.7 Å². The summed E-state index contributed by atoms with van der Waals surface area (Å²) in [5.74, 6) is 0. The van der Waals surface area contributed by atoms with Crippen LogP contribution >= 0.6 is 0 Å². The lowest BCUT2D eigenvalue weighted by Crippen LogP contribution is -1.99. The summed E-state index contributed by atoms with van der Waals surface area (Å²) in [7, 11) is 0. The standard InChI is InChI=1S/C12H14O/c1-2-9-13-12-8-7-10-5-3-4-6-11(10)12/h2-6,12H,1,7-9H2. The number of rotatable bonds is 3. The third kappa shape index (κ3) is 1.65. The summed E-state index contributed by atoms with van der Waals surface area (Å²) in [4.78, 5) is 0. The molecule has 13 heavy (non-hydrogen) atoms. The average molecular weight is 174 g/mol. The molecule has 0 saturated carbocycles.